The lowest BCUT2D eigenvalue weighted by atomic mass is 10.1. The number of nitrogens with zero attached hydrogens (tertiary/aromatic N) is 2. The summed E-state index contributed by atoms with van der Waals surface area (Å²) in [6.07, 6.45) is -5.15. The Labute approximate surface area is 239 Å². The van der Waals surface area contributed by atoms with E-state index in [-0.39, 0.29) is 37.0 Å². The van der Waals surface area contributed by atoms with Gasteiger partial charge in [0.05, 0.1) is 36.6 Å². The second-order valence-corrected chi connectivity index (χ2v) is 10.4. The molecular formula is C27H31ClF5N5O3. The van der Waals surface area contributed by atoms with E-state index in [2.05, 4.69) is 16.0 Å². The molecule has 2 amide bonds. The van der Waals surface area contributed by atoms with E-state index in [4.69, 9.17) is 16.3 Å². The van der Waals surface area contributed by atoms with Crippen LogP contribution in [0.2, 0.25) is 5.02 Å². The molecule has 3 N–H and O–H groups in total. The Kier molecular flexibility index (Phi) is 10.1. The van der Waals surface area contributed by atoms with Crippen LogP contribution in [0.5, 0.6) is 0 Å². The van der Waals surface area contributed by atoms with Crippen molar-refractivity contribution in [2.75, 3.05) is 56.2 Å². The van der Waals surface area contributed by atoms with Crippen molar-refractivity contribution in [3.8, 4) is 0 Å². The quantitative estimate of drug-likeness (QED) is 0.397. The van der Waals surface area contributed by atoms with E-state index in [0.717, 1.165) is 6.07 Å². The van der Waals surface area contributed by atoms with E-state index in [0.29, 0.717) is 43.5 Å². The average Bonchev–Trinajstić information content (AvgIpc) is 2.93. The summed E-state index contributed by atoms with van der Waals surface area (Å²) >= 11 is 6.19. The lowest BCUT2D eigenvalue weighted by molar-refractivity contribution is -0.139. The van der Waals surface area contributed by atoms with Gasteiger partial charge in [-0.3, -0.25) is 14.5 Å². The second-order valence-electron chi connectivity index (χ2n) is 10.0. The zero-order valence-electron chi connectivity index (χ0n) is 22.3. The van der Waals surface area contributed by atoms with E-state index >= 15 is 0 Å². The number of hydrogen-bond acceptors (Lipinski definition) is 6. The van der Waals surface area contributed by atoms with Gasteiger partial charge >= 0.3 is 6.18 Å². The van der Waals surface area contributed by atoms with Crippen LogP contribution in [0.3, 0.4) is 0 Å². The molecule has 2 fully saturated rings. The molecule has 2 aliphatic rings. The highest BCUT2D eigenvalue weighted by Gasteiger charge is 2.32. The van der Waals surface area contributed by atoms with Crippen LogP contribution in [0.15, 0.2) is 30.3 Å². The number of rotatable bonds is 8. The van der Waals surface area contributed by atoms with Crippen molar-refractivity contribution in [1.82, 2.24) is 15.5 Å². The molecule has 2 aliphatic heterocycles. The summed E-state index contributed by atoms with van der Waals surface area (Å²) in [4.78, 5) is 28.9. The zero-order chi connectivity index (χ0) is 29.7. The van der Waals surface area contributed by atoms with Gasteiger partial charge in [0, 0.05) is 55.9 Å². The molecule has 8 nitrogen and oxygen atoms in total. The Bertz CT molecular complexity index is 1260. The Morgan fingerprint density at radius 3 is 2.61 bits per heavy atom. The number of nitrogens with one attached hydrogen (secondary N) is 3. The predicted octanol–water partition coefficient (Wildman–Crippen LogP) is 3.94. The fourth-order valence-electron chi connectivity index (χ4n) is 4.82. The largest absolute Gasteiger partial charge is 0.390 e. The number of carbonyl (C=O) groups excluding carboxylic acids is 2. The van der Waals surface area contributed by atoms with Crippen molar-refractivity contribution >= 4 is 34.8 Å². The van der Waals surface area contributed by atoms with Crippen LogP contribution in [0.1, 0.15) is 29.3 Å². The average molecular weight is 604 g/mol. The number of amides is 2. The molecule has 2 saturated heterocycles. The lowest BCUT2D eigenvalue weighted by Crippen LogP contribution is -2.52. The molecule has 0 radical (unpaired) electrons. The van der Waals surface area contributed by atoms with Gasteiger partial charge in [-0.2, -0.15) is 13.2 Å². The third-order valence-electron chi connectivity index (χ3n) is 7.09. The first-order valence-corrected chi connectivity index (χ1v) is 13.5. The smallest absolute Gasteiger partial charge is 0.378 e. The standard InChI is InChI=1S/C27H31ClF5N5O3/c1-16-14-38(10-9-37(16)8-6-27(31,32)33)22-12-18(28)3-5-20(22)36-25(39)19-4-2-17(23(29)24(19)30)13-35-26(40)21-15-41-11-7-34-21/h2-5,12,16,21,34H,6-11,13-15H2,1H3,(H,35,40)(H,36,39)/t16-,21-/m1/s1. The minimum Gasteiger partial charge on any atom is -0.378 e. The van der Waals surface area contributed by atoms with Gasteiger partial charge in [-0.1, -0.05) is 17.7 Å². The molecule has 2 aromatic rings. The van der Waals surface area contributed by atoms with Gasteiger partial charge in [0.2, 0.25) is 5.91 Å². The van der Waals surface area contributed by atoms with Crippen LogP contribution in [-0.2, 0) is 16.1 Å². The molecular weight excluding hydrogens is 573 g/mol. The predicted molar refractivity (Wildman–Crippen MR) is 144 cm³/mol. The van der Waals surface area contributed by atoms with Crippen molar-refractivity contribution in [2.24, 2.45) is 0 Å². The molecule has 4 rings (SSSR count). The maximum atomic E-state index is 15.0. The third kappa shape index (κ3) is 8.06. The van der Waals surface area contributed by atoms with E-state index in [1.54, 1.807) is 11.0 Å². The van der Waals surface area contributed by atoms with E-state index in [1.165, 1.54) is 18.2 Å². The Hall–Kier alpha value is -3.00. The molecule has 0 unspecified atom stereocenters. The number of morpholine rings is 1. The maximum Gasteiger partial charge on any atom is 0.390 e. The first-order valence-electron chi connectivity index (χ1n) is 13.2. The molecule has 224 valence electrons. The number of hydrogen-bond donors (Lipinski definition) is 3. The summed E-state index contributed by atoms with van der Waals surface area (Å²) in [5, 5.41) is 8.46. The lowest BCUT2D eigenvalue weighted by Gasteiger charge is -2.41. The fourth-order valence-corrected chi connectivity index (χ4v) is 4.99. The minimum absolute atomic E-state index is 0.117. The van der Waals surface area contributed by atoms with Gasteiger partial charge in [-0.05, 0) is 31.2 Å². The molecule has 0 bridgehead atoms. The highest BCUT2D eigenvalue weighted by atomic mass is 35.5. The highest BCUT2D eigenvalue weighted by molar-refractivity contribution is 6.31. The first-order chi connectivity index (χ1) is 19.4. The number of alkyl halides is 3. The van der Waals surface area contributed by atoms with Crippen LogP contribution in [-0.4, -0.2) is 80.9 Å². The molecule has 14 heteroatoms. The molecule has 2 aromatic carbocycles. The summed E-state index contributed by atoms with van der Waals surface area (Å²) in [5.74, 6) is -3.94. The number of carbonyl (C=O) groups is 2. The minimum atomic E-state index is -4.25. The van der Waals surface area contributed by atoms with Crippen LogP contribution < -0.4 is 20.9 Å². The summed E-state index contributed by atoms with van der Waals surface area (Å²) in [7, 11) is 0. The first kappa shape index (κ1) is 30.9. The van der Waals surface area contributed by atoms with Crippen molar-refractivity contribution < 1.29 is 36.3 Å². The van der Waals surface area contributed by atoms with Gasteiger partial charge in [0.1, 0.15) is 6.04 Å². The van der Waals surface area contributed by atoms with Crippen LogP contribution in [0, 0.1) is 11.6 Å². The Balaban J connectivity index is 1.43. The molecule has 2 atom stereocenters. The van der Waals surface area contributed by atoms with Crippen molar-refractivity contribution in [3.05, 3.63) is 58.1 Å². The topological polar surface area (TPSA) is 85.9 Å². The van der Waals surface area contributed by atoms with Crippen molar-refractivity contribution in [3.63, 3.8) is 0 Å². The number of ether oxygens (including phenoxy) is 1. The molecule has 2 heterocycles. The van der Waals surface area contributed by atoms with Crippen LogP contribution in [0.4, 0.5) is 33.3 Å². The van der Waals surface area contributed by atoms with Crippen molar-refractivity contribution in [1.29, 1.82) is 0 Å². The van der Waals surface area contributed by atoms with Crippen LogP contribution >= 0.6 is 11.6 Å². The summed E-state index contributed by atoms with van der Waals surface area (Å²) < 4.78 is 73.1. The summed E-state index contributed by atoms with van der Waals surface area (Å²) in [6.45, 7) is 3.66. The van der Waals surface area contributed by atoms with E-state index < -0.39 is 47.7 Å². The fraction of sp³-hybridized carbons (Fsp3) is 0.481. The van der Waals surface area contributed by atoms with Gasteiger partial charge in [0.15, 0.2) is 11.6 Å². The third-order valence-corrected chi connectivity index (χ3v) is 7.33. The monoisotopic (exact) mass is 603 g/mol. The van der Waals surface area contributed by atoms with Gasteiger partial charge in [0.25, 0.3) is 5.91 Å². The number of piperazine rings is 1. The van der Waals surface area contributed by atoms with Gasteiger partial charge in [-0.15, -0.1) is 0 Å². The maximum absolute atomic E-state index is 15.0. The Morgan fingerprint density at radius 1 is 1.15 bits per heavy atom. The molecule has 0 saturated carbocycles. The second kappa shape index (κ2) is 13.3. The SMILES string of the molecule is C[C@@H]1CN(c2cc(Cl)ccc2NC(=O)c2ccc(CNC(=O)[C@H]3COCCN3)c(F)c2F)CCN1CCC(F)(F)F. The molecule has 0 aliphatic carbocycles. The summed E-state index contributed by atoms with van der Waals surface area (Å²) in [5.41, 5.74) is 0.127. The number of anilines is 2. The molecule has 0 aromatic heterocycles. The Morgan fingerprint density at radius 2 is 1.93 bits per heavy atom. The number of halogens is 6. The normalized spacial score (nSPS) is 20.1. The summed E-state index contributed by atoms with van der Waals surface area (Å²) in [6, 6.07) is 6.20. The van der Waals surface area contributed by atoms with Gasteiger partial charge in [-0.25, -0.2) is 8.78 Å². The molecule has 41 heavy (non-hydrogen) atoms. The molecule has 0 spiro atoms. The van der Waals surface area contributed by atoms with Gasteiger partial charge < -0.3 is 25.6 Å². The van der Waals surface area contributed by atoms with E-state index in [1.807, 2.05) is 11.8 Å². The zero-order valence-corrected chi connectivity index (χ0v) is 23.0. The number of benzene rings is 2. The van der Waals surface area contributed by atoms with Crippen molar-refractivity contribution in [2.45, 2.75) is 38.1 Å². The van der Waals surface area contributed by atoms with Crippen LogP contribution in [0.25, 0.3) is 0 Å². The highest BCUT2D eigenvalue weighted by Crippen LogP contribution is 2.32. The van der Waals surface area contributed by atoms with E-state index in [9.17, 15) is 31.5 Å².